The van der Waals surface area contributed by atoms with Gasteiger partial charge in [0.1, 0.15) is 18.0 Å². The highest BCUT2D eigenvalue weighted by Crippen LogP contribution is 2.21. The number of halogens is 1. The molecule has 0 spiro atoms. The van der Waals surface area contributed by atoms with Crippen LogP contribution in [0.1, 0.15) is 11.1 Å². The third kappa shape index (κ3) is 2.45. The molecule has 2 aromatic carbocycles. The number of aromatic nitrogens is 2. The third-order valence-corrected chi connectivity index (χ3v) is 3.19. The SMILES string of the molecule is Cc1ccc2ncnc(NCc3ccccc3F)c2c1. The molecule has 100 valence electrons. The molecule has 0 saturated carbocycles. The fourth-order valence-electron chi connectivity index (χ4n) is 2.13. The molecular weight excluding hydrogens is 253 g/mol. The Labute approximate surface area is 116 Å². The van der Waals surface area contributed by atoms with Crippen LogP contribution in [0.3, 0.4) is 0 Å². The lowest BCUT2D eigenvalue weighted by atomic mass is 10.1. The molecule has 1 N–H and O–H groups in total. The van der Waals surface area contributed by atoms with E-state index in [1.54, 1.807) is 12.1 Å². The van der Waals surface area contributed by atoms with E-state index in [2.05, 4.69) is 15.3 Å². The van der Waals surface area contributed by atoms with E-state index in [0.717, 1.165) is 22.3 Å². The van der Waals surface area contributed by atoms with Gasteiger partial charge < -0.3 is 5.32 Å². The average molecular weight is 267 g/mol. The number of nitrogens with zero attached hydrogens (tertiary/aromatic N) is 2. The van der Waals surface area contributed by atoms with Crippen molar-refractivity contribution in [2.45, 2.75) is 13.5 Å². The van der Waals surface area contributed by atoms with Crippen LogP contribution in [0.5, 0.6) is 0 Å². The summed E-state index contributed by atoms with van der Waals surface area (Å²) < 4.78 is 13.6. The maximum Gasteiger partial charge on any atom is 0.137 e. The van der Waals surface area contributed by atoms with Crippen molar-refractivity contribution in [1.29, 1.82) is 0 Å². The summed E-state index contributed by atoms with van der Waals surface area (Å²) in [6.07, 6.45) is 1.52. The van der Waals surface area contributed by atoms with E-state index in [1.807, 2.05) is 31.2 Å². The molecule has 20 heavy (non-hydrogen) atoms. The number of aryl methyl sites for hydroxylation is 1. The van der Waals surface area contributed by atoms with Crippen LogP contribution in [0.4, 0.5) is 10.2 Å². The molecule has 0 unspecified atom stereocenters. The summed E-state index contributed by atoms with van der Waals surface area (Å²) in [6, 6.07) is 12.7. The smallest absolute Gasteiger partial charge is 0.137 e. The van der Waals surface area contributed by atoms with E-state index in [4.69, 9.17) is 0 Å². The maximum atomic E-state index is 13.6. The highest BCUT2D eigenvalue weighted by molar-refractivity contribution is 5.89. The number of rotatable bonds is 3. The Kier molecular flexibility index (Phi) is 3.29. The van der Waals surface area contributed by atoms with Crippen LogP contribution in [-0.4, -0.2) is 9.97 Å². The van der Waals surface area contributed by atoms with Gasteiger partial charge in [0, 0.05) is 17.5 Å². The molecule has 0 aliphatic carbocycles. The van der Waals surface area contributed by atoms with Gasteiger partial charge in [-0.3, -0.25) is 0 Å². The lowest BCUT2D eigenvalue weighted by Crippen LogP contribution is -2.04. The molecule has 1 heterocycles. The molecule has 3 nitrogen and oxygen atoms in total. The summed E-state index contributed by atoms with van der Waals surface area (Å²) in [5.74, 6) is 0.511. The minimum atomic E-state index is -0.213. The van der Waals surface area contributed by atoms with E-state index in [0.29, 0.717) is 12.1 Å². The van der Waals surface area contributed by atoms with E-state index in [-0.39, 0.29) is 5.82 Å². The van der Waals surface area contributed by atoms with Gasteiger partial charge in [0.25, 0.3) is 0 Å². The Morgan fingerprint density at radius 3 is 2.80 bits per heavy atom. The zero-order valence-electron chi connectivity index (χ0n) is 11.1. The van der Waals surface area contributed by atoms with Gasteiger partial charge in [-0.2, -0.15) is 0 Å². The lowest BCUT2D eigenvalue weighted by molar-refractivity contribution is 0.613. The summed E-state index contributed by atoms with van der Waals surface area (Å²) in [4.78, 5) is 8.48. The molecule has 0 aliphatic heterocycles. The summed E-state index contributed by atoms with van der Waals surface area (Å²) in [7, 11) is 0. The predicted octanol–water partition coefficient (Wildman–Crippen LogP) is 3.69. The molecule has 0 atom stereocenters. The summed E-state index contributed by atoms with van der Waals surface area (Å²) >= 11 is 0. The first-order chi connectivity index (χ1) is 9.74. The van der Waals surface area contributed by atoms with Gasteiger partial charge in [-0.1, -0.05) is 29.8 Å². The van der Waals surface area contributed by atoms with Crippen LogP contribution in [0.25, 0.3) is 10.9 Å². The molecule has 0 amide bonds. The third-order valence-electron chi connectivity index (χ3n) is 3.19. The number of nitrogens with one attached hydrogen (secondary N) is 1. The van der Waals surface area contributed by atoms with Crippen molar-refractivity contribution in [2.75, 3.05) is 5.32 Å². The number of hydrogen-bond donors (Lipinski definition) is 1. The van der Waals surface area contributed by atoms with Crippen LogP contribution in [-0.2, 0) is 6.54 Å². The molecule has 0 bridgehead atoms. The second-order valence-corrected chi connectivity index (χ2v) is 4.69. The first kappa shape index (κ1) is 12.5. The van der Waals surface area contributed by atoms with E-state index < -0.39 is 0 Å². The number of fused-ring (bicyclic) bond motifs is 1. The molecule has 0 radical (unpaired) electrons. The van der Waals surface area contributed by atoms with Gasteiger partial charge >= 0.3 is 0 Å². The number of hydrogen-bond acceptors (Lipinski definition) is 3. The highest BCUT2D eigenvalue weighted by Gasteiger charge is 2.05. The van der Waals surface area contributed by atoms with Gasteiger partial charge in [0.2, 0.25) is 0 Å². The van der Waals surface area contributed by atoms with E-state index in [1.165, 1.54) is 12.4 Å². The van der Waals surface area contributed by atoms with Crippen molar-refractivity contribution in [2.24, 2.45) is 0 Å². The molecule has 3 rings (SSSR count). The fourth-order valence-corrected chi connectivity index (χ4v) is 2.13. The lowest BCUT2D eigenvalue weighted by Gasteiger charge is -2.09. The average Bonchev–Trinajstić information content (AvgIpc) is 2.46. The molecule has 3 aromatic rings. The Balaban J connectivity index is 1.91. The quantitative estimate of drug-likeness (QED) is 0.786. The summed E-state index contributed by atoms with van der Waals surface area (Å²) in [5.41, 5.74) is 2.63. The van der Waals surface area contributed by atoms with Gasteiger partial charge in [0.05, 0.1) is 5.52 Å². The van der Waals surface area contributed by atoms with Crippen molar-refractivity contribution in [3.63, 3.8) is 0 Å². The molecular formula is C16H14FN3. The van der Waals surface area contributed by atoms with Crippen molar-refractivity contribution < 1.29 is 4.39 Å². The second-order valence-electron chi connectivity index (χ2n) is 4.69. The maximum absolute atomic E-state index is 13.6. The standard InChI is InChI=1S/C16H14FN3/c1-11-6-7-15-13(8-11)16(20-10-19-15)18-9-12-4-2-3-5-14(12)17/h2-8,10H,9H2,1H3,(H,18,19,20). The van der Waals surface area contributed by atoms with Crippen LogP contribution in [0.2, 0.25) is 0 Å². The topological polar surface area (TPSA) is 37.8 Å². The number of benzene rings is 2. The van der Waals surface area contributed by atoms with Crippen molar-refractivity contribution in [1.82, 2.24) is 9.97 Å². The summed E-state index contributed by atoms with van der Waals surface area (Å²) in [6.45, 7) is 2.42. The van der Waals surface area contributed by atoms with Crippen LogP contribution in [0, 0.1) is 12.7 Å². The number of anilines is 1. The van der Waals surface area contributed by atoms with Gasteiger partial charge in [-0.25, -0.2) is 14.4 Å². The normalized spacial score (nSPS) is 10.7. The molecule has 1 aromatic heterocycles. The highest BCUT2D eigenvalue weighted by atomic mass is 19.1. The molecule has 0 saturated heterocycles. The van der Waals surface area contributed by atoms with E-state index >= 15 is 0 Å². The molecule has 0 aliphatic rings. The van der Waals surface area contributed by atoms with Gasteiger partial charge in [-0.15, -0.1) is 0 Å². The predicted molar refractivity (Wildman–Crippen MR) is 78.0 cm³/mol. The van der Waals surface area contributed by atoms with Crippen molar-refractivity contribution in [3.8, 4) is 0 Å². The monoisotopic (exact) mass is 267 g/mol. The first-order valence-electron chi connectivity index (χ1n) is 6.43. The van der Waals surface area contributed by atoms with Crippen molar-refractivity contribution in [3.05, 3.63) is 65.7 Å². The molecule has 4 heteroatoms. The van der Waals surface area contributed by atoms with Crippen LogP contribution < -0.4 is 5.32 Å². The minimum Gasteiger partial charge on any atom is -0.365 e. The first-order valence-corrected chi connectivity index (χ1v) is 6.43. The fraction of sp³-hybridized carbons (Fsp3) is 0.125. The second kappa shape index (κ2) is 5.25. The minimum absolute atomic E-state index is 0.213. The largest absolute Gasteiger partial charge is 0.365 e. The Bertz CT molecular complexity index is 756. The van der Waals surface area contributed by atoms with Crippen molar-refractivity contribution >= 4 is 16.7 Å². The van der Waals surface area contributed by atoms with Gasteiger partial charge in [-0.05, 0) is 25.1 Å². The Hall–Kier alpha value is -2.49. The zero-order chi connectivity index (χ0) is 13.9. The van der Waals surface area contributed by atoms with E-state index in [9.17, 15) is 4.39 Å². The molecule has 0 fully saturated rings. The summed E-state index contributed by atoms with van der Waals surface area (Å²) in [5, 5.41) is 4.13. The van der Waals surface area contributed by atoms with Crippen LogP contribution in [0.15, 0.2) is 48.8 Å². The van der Waals surface area contributed by atoms with Crippen LogP contribution >= 0.6 is 0 Å². The Morgan fingerprint density at radius 1 is 1.10 bits per heavy atom. The zero-order valence-corrected chi connectivity index (χ0v) is 11.1. The van der Waals surface area contributed by atoms with Gasteiger partial charge in [0.15, 0.2) is 0 Å². The Morgan fingerprint density at radius 2 is 1.95 bits per heavy atom.